The molecule has 2 aromatic carbocycles. The number of nitrogens with zero attached hydrogens (tertiary/aromatic N) is 2. The monoisotopic (exact) mass is 397 g/mol. The molecule has 0 unspecified atom stereocenters. The first kappa shape index (κ1) is 17.2. The number of benzene rings is 2. The number of carbonyl (C=O) groups is 1. The van der Waals surface area contributed by atoms with Crippen molar-refractivity contribution in [2.24, 2.45) is 0 Å². The van der Waals surface area contributed by atoms with Crippen molar-refractivity contribution in [2.45, 2.75) is 11.3 Å². The fourth-order valence-electron chi connectivity index (χ4n) is 2.43. The molecule has 26 heavy (non-hydrogen) atoms. The molecule has 1 amide bonds. The Bertz CT molecular complexity index is 1060. The predicted octanol–water partition coefficient (Wildman–Crippen LogP) is 5.46. The summed E-state index contributed by atoms with van der Waals surface area (Å²) >= 11 is 4.50. The van der Waals surface area contributed by atoms with E-state index in [0.29, 0.717) is 10.9 Å². The van der Waals surface area contributed by atoms with Gasteiger partial charge in [-0.05, 0) is 24.6 Å². The Kier molecular flexibility index (Phi) is 5.01. The molecule has 2 aromatic heterocycles. The first-order valence-corrected chi connectivity index (χ1v) is 10.7. The molecule has 4 nitrogen and oxygen atoms in total. The zero-order chi connectivity index (χ0) is 17.9. The molecule has 0 aliphatic heterocycles. The normalized spacial score (nSPS) is 11.0. The van der Waals surface area contributed by atoms with Gasteiger partial charge < -0.3 is 5.32 Å². The summed E-state index contributed by atoms with van der Waals surface area (Å²) in [7, 11) is 0. The van der Waals surface area contributed by atoms with Crippen molar-refractivity contribution in [3.63, 3.8) is 0 Å². The molecule has 0 aliphatic carbocycles. The molecule has 0 atom stereocenters. The average molecular weight is 398 g/mol. The maximum atomic E-state index is 12.2. The first-order chi connectivity index (χ1) is 12.7. The fraction of sp³-hybridized carbons (Fsp3) is 0.105. The number of nitrogens with one attached hydrogen (secondary N) is 1. The highest BCUT2D eigenvalue weighted by Gasteiger charge is 2.11. The van der Waals surface area contributed by atoms with E-state index in [0.717, 1.165) is 25.8 Å². The van der Waals surface area contributed by atoms with E-state index in [2.05, 4.69) is 21.4 Å². The summed E-state index contributed by atoms with van der Waals surface area (Å²) in [6.07, 6.45) is 0. The number of hydrogen-bond acceptors (Lipinski definition) is 6. The van der Waals surface area contributed by atoms with Gasteiger partial charge >= 0.3 is 0 Å². The lowest BCUT2D eigenvalue weighted by Gasteiger charge is -1.99. The Balaban J connectivity index is 1.37. The minimum absolute atomic E-state index is 0.0674. The van der Waals surface area contributed by atoms with Crippen molar-refractivity contribution in [2.75, 3.05) is 11.1 Å². The lowest BCUT2D eigenvalue weighted by atomic mass is 10.2. The van der Waals surface area contributed by atoms with Crippen LogP contribution in [0.15, 0.2) is 58.3 Å². The van der Waals surface area contributed by atoms with Crippen LogP contribution in [0.1, 0.15) is 5.56 Å². The van der Waals surface area contributed by atoms with Crippen molar-refractivity contribution in [1.82, 2.24) is 9.97 Å². The summed E-state index contributed by atoms with van der Waals surface area (Å²) in [4.78, 5) is 21.3. The largest absolute Gasteiger partial charge is 0.301 e. The van der Waals surface area contributed by atoms with Crippen LogP contribution in [0.25, 0.3) is 21.5 Å². The molecule has 0 radical (unpaired) electrons. The highest BCUT2D eigenvalue weighted by Crippen LogP contribution is 2.29. The van der Waals surface area contributed by atoms with E-state index in [4.69, 9.17) is 0 Å². The molecular weight excluding hydrogens is 382 g/mol. The Morgan fingerprint density at radius 3 is 2.85 bits per heavy atom. The number of thioether (sulfide) groups is 1. The van der Waals surface area contributed by atoms with Gasteiger partial charge in [0.2, 0.25) is 5.91 Å². The topological polar surface area (TPSA) is 54.9 Å². The SMILES string of the molecule is Cc1ccc2nc(NC(=O)CSc3nc(-c4ccccc4)cs3)sc2c1. The predicted molar refractivity (Wildman–Crippen MR) is 111 cm³/mol. The molecule has 0 aliphatic rings. The van der Waals surface area contributed by atoms with Crippen LogP contribution in [0, 0.1) is 6.92 Å². The summed E-state index contributed by atoms with van der Waals surface area (Å²) in [5.41, 5.74) is 4.13. The van der Waals surface area contributed by atoms with Gasteiger partial charge in [-0.2, -0.15) is 0 Å². The molecule has 130 valence electrons. The van der Waals surface area contributed by atoms with Crippen molar-refractivity contribution in [1.29, 1.82) is 0 Å². The third kappa shape index (κ3) is 3.95. The van der Waals surface area contributed by atoms with Crippen LogP contribution in [0.5, 0.6) is 0 Å². The second-order valence-electron chi connectivity index (χ2n) is 5.69. The minimum Gasteiger partial charge on any atom is -0.301 e. The van der Waals surface area contributed by atoms with Crippen molar-refractivity contribution in [3.8, 4) is 11.3 Å². The van der Waals surface area contributed by atoms with Gasteiger partial charge in [0.05, 0.1) is 21.7 Å². The smallest absolute Gasteiger partial charge is 0.236 e. The zero-order valence-electron chi connectivity index (χ0n) is 13.9. The highest BCUT2D eigenvalue weighted by atomic mass is 32.2. The molecule has 2 heterocycles. The van der Waals surface area contributed by atoms with E-state index < -0.39 is 0 Å². The molecule has 0 bridgehead atoms. The summed E-state index contributed by atoms with van der Waals surface area (Å²) < 4.78 is 1.97. The van der Waals surface area contributed by atoms with E-state index in [1.165, 1.54) is 28.7 Å². The van der Waals surface area contributed by atoms with E-state index >= 15 is 0 Å². The standard InChI is InChI=1S/C19H15N3OS3/c1-12-7-8-14-16(9-12)26-18(20-14)22-17(23)11-25-19-21-15(10-24-19)13-5-3-2-4-6-13/h2-10H,11H2,1H3,(H,20,22,23). The lowest BCUT2D eigenvalue weighted by Crippen LogP contribution is -2.13. The van der Waals surface area contributed by atoms with E-state index in [-0.39, 0.29) is 5.91 Å². The number of carbonyl (C=O) groups excluding carboxylic acids is 1. The summed E-state index contributed by atoms with van der Waals surface area (Å²) in [5.74, 6) is 0.249. The summed E-state index contributed by atoms with van der Waals surface area (Å²) in [6, 6.07) is 16.1. The van der Waals surface area contributed by atoms with Gasteiger partial charge in [0.1, 0.15) is 0 Å². The number of aryl methyl sites for hydroxylation is 1. The number of aromatic nitrogens is 2. The van der Waals surface area contributed by atoms with E-state index in [1.807, 2.05) is 54.8 Å². The molecule has 0 saturated heterocycles. The number of hydrogen-bond donors (Lipinski definition) is 1. The van der Waals surface area contributed by atoms with Gasteiger partial charge in [-0.3, -0.25) is 4.79 Å². The number of fused-ring (bicyclic) bond motifs is 1. The highest BCUT2D eigenvalue weighted by molar-refractivity contribution is 8.01. The molecule has 0 spiro atoms. The molecule has 7 heteroatoms. The van der Waals surface area contributed by atoms with Crippen molar-refractivity contribution in [3.05, 3.63) is 59.5 Å². The number of rotatable bonds is 5. The Morgan fingerprint density at radius 1 is 1.15 bits per heavy atom. The Labute approximate surface area is 163 Å². The first-order valence-electron chi connectivity index (χ1n) is 7.98. The maximum Gasteiger partial charge on any atom is 0.236 e. The van der Waals surface area contributed by atoms with Gasteiger partial charge in [0.15, 0.2) is 9.47 Å². The zero-order valence-corrected chi connectivity index (χ0v) is 16.4. The van der Waals surface area contributed by atoms with Crippen LogP contribution >= 0.6 is 34.4 Å². The molecular formula is C19H15N3OS3. The summed E-state index contributed by atoms with van der Waals surface area (Å²) in [6.45, 7) is 2.05. The number of anilines is 1. The van der Waals surface area contributed by atoms with Crippen LogP contribution in [-0.4, -0.2) is 21.6 Å². The van der Waals surface area contributed by atoms with E-state index in [1.54, 1.807) is 11.3 Å². The van der Waals surface area contributed by atoms with Gasteiger partial charge in [-0.25, -0.2) is 9.97 Å². The van der Waals surface area contributed by atoms with Gasteiger partial charge in [0.25, 0.3) is 0 Å². The van der Waals surface area contributed by atoms with Crippen LogP contribution in [0.4, 0.5) is 5.13 Å². The quantitative estimate of drug-likeness (QED) is 0.454. The second kappa shape index (κ2) is 7.57. The molecule has 4 rings (SSSR count). The van der Waals surface area contributed by atoms with E-state index in [9.17, 15) is 4.79 Å². The minimum atomic E-state index is -0.0674. The molecule has 0 saturated carbocycles. The van der Waals surface area contributed by atoms with Gasteiger partial charge in [-0.15, -0.1) is 11.3 Å². The van der Waals surface area contributed by atoms with Crippen molar-refractivity contribution < 1.29 is 4.79 Å². The van der Waals surface area contributed by atoms with Crippen LogP contribution in [0.3, 0.4) is 0 Å². The van der Waals surface area contributed by atoms with Crippen LogP contribution in [-0.2, 0) is 4.79 Å². The van der Waals surface area contributed by atoms with Crippen LogP contribution in [0.2, 0.25) is 0 Å². The van der Waals surface area contributed by atoms with Crippen LogP contribution < -0.4 is 5.32 Å². The third-order valence-electron chi connectivity index (χ3n) is 3.67. The number of amides is 1. The second-order valence-corrected chi connectivity index (χ2v) is 8.80. The number of thiazole rings is 2. The fourth-order valence-corrected chi connectivity index (χ4v) is 5.05. The Hall–Kier alpha value is -2.22. The lowest BCUT2D eigenvalue weighted by molar-refractivity contribution is -0.113. The third-order valence-corrected chi connectivity index (χ3v) is 6.62. The molecule has 1 N–H and O–H groups in total. The Morgan fingerprint density at radius 2 is 2.00 bits per heavy atom. The molecule has 4 aromatic rings. The average Bonchev–Trinajstić information content (AvgIpc) is 3.27. The van der Waals surface area contributed by atoms with Gasteiger partial charge in [0, 0.05) is 10.9 Å². The molecule has 0 fully saturated rings. The van der Waals surface area contributed by atoms with Gasteiger partial charge in [-0.1, -0.05) is 59.5 Å². The maximum absolute atomic E-state index is 12.2. The van der Waals surface area contributed by atoms with Crippen molar-refractivity contribution >= 4 is 55.7 Å². The summed E-state index contributed by atoms with van der Waals surface area (Å²) in [5, 5.41) is 5.54.